The highest BCUT2D eigenvalue weighted by molar-refractivity contribution is 6.05. The number of non-ortho nitro benzene ring substituents is 1. The zero-order chi connectivity index (χ0) is 18.8. The lowest BCUT2D eigenvalue weighted by Gasteiger charge is -2.11. The SMILES string of the molecule is CC(C)c1cc(=O)[nH]c2cc(NC(=O)c3ccc([N+](=O)[O-])cc3)ccc12. The molecule has 0 bridgehead atoms. The van der Waals surface area contributed by atoms with E-state index in [-0.39, 0.29) is 23.1 Å². The average molecular weight is 351 g/mol. The van der Waals surface area contributed by atoms with E-state index >= 15 is 0 Å². The molecule has 1 heterocycles. The summed E-state index contributed by atoms with van der Waals surface area (Å²) in [6.45, 7) is 4.02. The number of nitro groups is 1. The van der Waals surface area contributed by atoms with Gasteiger partial charge in [0.1, 0.15) is 0 Å². The highest BCUT2D eigenvalue weighted by atomic mass is 16.6. The van der Waals surface area contributed by atoms with Crippen molar-refractivity contribution in [2.75, 3.05) is 5.32 Å². The van der Waals surface area contributed by atoms with Crippen molar-refractivity contribution in [1.82, 2.24) is 4.98 Å². The van der Waals surface area contributed by atoms with Gasteiger partial charge in [-0.2, -0.15) is 0 Å². The Morgan fingerprint density at radius 1 is 1.12 bits per heavy atom. The number of amides is 1. The van der Waals surface area contributed by atoms with Gasteiger partial charge in [0.05, 0.1) is 10.4 Å². The van der Waals surface area contributed by atoms with Crippen molar-refractivity contribution in [2.45, 2.75) is 19.8 Å². The number of aromatic nitrogens is 1. The minimum Gasteiger partial charge on any atom is -0.322 e. The average Bonchev–Trinajstić information content (AvgIpc) is 2.60. The van der Waals surface area contributed by atoms with Crippen LogP contribution in [-0.4, -0.2) is 15.8 Å². The lowest BCUT2D eigenvalue weighted by Crippen LogP contribution is -2.12. The summed E-state index contributed by atoms with van der Waals surface area (Å²) < 4.78 is 0. The normalized spacial score (nSPS) is 10.9. The van der Waals surface area contributed by atoms with E-state index in [0.717, 1.165) is 10.9 Å². The zero-order valence-electron chi connectivity index (χ0n) is 14.3. The molecule has 7 heteroatoms. The number of nitro benzene ring substituents is 1. The number of carbonyl (C=O) groups excluding carboxylic acids is 1. The van der Waals surface area contributed by atoms with E-state index in [1.807, 2.05) is 19.9 Å². The van der Waals surface area contributed by atoms with E-state index in [0.29, 0.717) is 16.8 Å². The number of nitrogens with zero attached hydrogens (tertiary/aromatic N) is 1. The lowest BCUT2D eigenvalue weighted by atomic mass is 9.99. The molecular formula is C19H17N3O4. The second-order valence-corrected chi connectivity index (χ2v) is 6.26. The molecule has 1 amide bonds. The maximum absolute atomic E-state index is 12.3. The van der Waals surface area contributed by atoms with Crippen LogP contribution in [0, 0.1) is 10.1 Å². The summed E-state index contributed by atoms with van der Waals surface area (Å²) in [6.07, 6.45) is 0. The van der Waals surface area contributed by atoms with E-state index in [1.54, 1.807) is 18.2 Å². The molecule has 0 aliphatic carbocycles. The summed E-state index contributed by atoms with van der Waals surface area (Å²) in [6, 6.07) is 12.2. The summed E-state index contributed by atoms with van der Waals surface area (Å²) in [4.78, 5) is 37.1. The molecule has 3 aromatic rings. The minimum absolute atomic E-state index is 0.0777. The van der Waals surface area contributed by atoms with E-state index in [4.69, 9.17) is 0 Å². The van der Waals surface area contributed by atoms with Crippen LogP contribution in [-0.2, 0) is 0 Å². The van der Waals surface area contributed by atoms with Crippen LogP contribution < -0.4 is 10.9 Å². The summed E-state index contributed by atoms with van der Waals surface area (Å²) in [5, 5.41) is 14.3. The molecule has 0 unspecified atom stereocenters. The molecule has 3 rings (SSSR count). The summed E-state index contributed by atoms with van der Waals surface area (Å²) >= 11 is 0. The van der Waals surface area contributed by atoms with E-state index in [9.17, 15) is 19.7 Å². The first kappa shape index (κ1) is 17.3. The first-order valence-electron chi connectivity index (χ1n) is 8.08. The van der Waals surface area contributed by atoms with Crippen molar-refractivity contribution >= 4 is 28.2 Å². The highest BCUT2D eigenvalue weighted by Gasteiger charge is 2.11. The van der Waals surface area contributed by atoms with Crippen molar-refractivity contribution in [3.8, 4) is 0 Å². The lowest BCUT2D eigenvalue weighted by molar-refractivity contribution is -0.384. The second kappa shape index (κ2) is 6.79. The van der Waals surface area contributed by atoms with Gasteiger partial charge in [0.25, 0.3) is 11.6 Å². The molecule has 0 aliphatic heterocycles. The van der Waals surface area contributed by atoms with E-state index in [2.05, 4.69) is 10.3 Å². The smallest absolute Gasteiger partial charge is 0.269 e. The number of hydrogen-bond acceptors (Lipinski definition) is 4. The van der Waals surface area contributed by atoms with Crippen LogP contribution in [0.4, 0.5) is 11.4 Å². The third kappa shape index (κ3) is 3.46. The van der Waals surface area contributed by atoms with Gasteiger partial charge in [0.2, 0.25) is 5.56 Å². The summed E-state index contributed by atoms with van der Waals surface area (Å²) in [5.41, 5.74) is 2.14. The van der Waals surface area contributed by atoms with Crippen molar-refractivity contribution in [3.63, 3.8) is 0 Å². The predicted octanol–water partition coefficient (Wildman–Crippen LogP) is 3.81. The van der Waals surface area contributed by atoms with Crippen molar-refractivity contribution in [1.29, 1.82) is 0 Å². The molecule has 132 valence electrons. The van der Waals surface area contributed by atoms with Gasteiger partial charge >= 0.3 is 0 Å². The zero-order valence-corrected chi connectivity index (χ0v) is 14.3. The topological polar surface area (TPSA) is 105 Å². The van der Waals surface area contributed by atoms with Gasteiger partial charge in [-0.25, -0.2) is 0 Å². The summed E-state index contributed by atoms with van der Waals surface area (Å²) in [5.74, 6) is -0.193. The molecular weight excluding hydrogens is 334 g/mol. The molecule has 0 atom stereocenters. The molecule has 0 radical (unpaired) electrons. The van der Waals surface area contributed by atoms with Gasteiger partial charge in [-0.05, 0) is 35.7 Å². The van der Waals surface area contributed by atoms with Crippen LogP contribution in [0.3, 0.4) is 0 Å². The van der Waals surface area contributed by atoms with Crippen molar-refractivity contribution in [2.24, 2.45) is 0 Å². The van der Waals surface area contributed by atoms with E-state index < -0.39 is 4.92 Å². The molecule has 7 nitrogen and oxygen atoms in total. The van der Waals surface area contributed by atoms with Crippen molar-refractivity contribution < 1.29 is 9.72 Å². The van der Waals surface area contributed by atoms with Crippen LogP contribution in [0.2, 0.25) is 0 Å². The van der Waals surface area contributed by atoms with Crippen LogP contribution in [0.1, 0.15) is 35.7 Å². The van der Waals surface area contributed by atoms with Gasteiger partial charge in [0, 0.05) is 34.8 Å². The molecule has 26 heavy (non-hydrogen) atoms. The Morgan fingerprint density at radius 3 is 2.42 bits per heavy atom. The number of rotatable bonds is 4. The fourth-order valence-corrected chi connectivity index (χ4v) is 2.78. The van der Waals surface area contributed by atoms with Gasteiger partial charge in [-0.3, -0.25) is 19.7 Å². The number of H-pyrrole nitrogens is 1. The third-order valence-electron chi connectivity index (χ3n) is 4.10. The Bertz CT molecular complexity index is 1050. The maximum Gasteiger partial charge on any atom is 0.269 e. The first-order chi connectivity index (χ1) is 12.3. The van der Waals surface area contributed by atoms with Crippen LogP contribution in [0.15, 0.2) is 53.3 Å². The molecule has 0 saturated heterocycles. The number of fused-ring (bicyclic) bond motifs is 1. The quantitative estimate of drug-likeness (QED) is 0.551. The van der Waals surface area contributed by atoms with Crippen LogP contribution >= 0.6 is 0 Å². The van der Waals surface area contributed by atoms with E-state index in [1.165, 1.54) is 24.3 Å². The molecule has 2 aromatic carbocycles. The largest absolute Gasteiger partial charge is 0.322 e. The number of aromatic amines is 1. The Kier molecular flexibility index (Phi) is 4.53. The molecule has 0 aliphatic rings. The van der Waals surface area contributed by atoms with Gasteiger partial charge in [-0.15, -0.1) is 0 Å². The molecule has 0 saturated carbocycles. The Morgan fingerprint density at radius 2 is 1.81 bits per heavy atom. The highest BCUT2D eigenvalue weighted by Crippen LogP contribution is 2.25. The standard InChI is InChI=1S/C19H17N3O4/c1-11(2)16-10-18(23)21-17-9-13(5-8-15(16)17)20-19(24)12-3-6-14(7-4-12)22(25)26/h3-11H,1-2H3,(H,20,24)(H,21,23). The van der Waals surface area contributed by atoms with Crippen LogP contribution in [0.25, 0.3) is 10.9 Å². The fraction of sp³-hybridized carbons (Fsp3) is 0.158. The van der Waals surface area contributed by atoms with Gasteiger partial charge < -0.3 is 10.3 Å². The number of pyridine rings is 1. The van der Waals surface area contributed by atoms with Crippen LogP contribution in [0.5, 0.6) is 0 Å². The Hall–Kier alpha value is -3.48. The maximum atomic E-state index is 12.3. The molecule has 1 aromatic heterocycles. The van der Waals surface area contributed by atoms with Gasteiger partial charge in [-0.1, -0.05) is 19.9 Å². The fourth-order valence-electron chi connectivity index (χ4n) is 2.78. The number of anilines is 1. The minimum atomic E-state index is -0.520. The van der Waals surface area contributed by atoms with Gasteiger partial charge in [0.15, 0.2) is 0 Å². The Labute approximate surface area is 148 Å². The molecule has 0 spiro atoms. The predicted molar refractivity (Wildman–Crippen MR) is 99.7 cm³/mol. The number of nitrogens with one attached hydrogen (secondary N) is 2. The number of carbonyl (C=O) groups is 1. The molecule has 2 N–H and O–H groups in total. The first-order valence-corrected chi connectivity index (χ1v) is 8.08. The third-order valence-corrected chi connectivity index (χ3v) is 4.10. The Balaban J connectivity index is 1.90. The van der Waals surface area contributed by atoms with Crippen molar-refractivity contribution in [3.05, 3.63) is 80.1 Å². The molecule has 0 fully saturated rings. The monoisotopic (exact) mass is 351 g/mol. The number of hydrogen-bond donors (Lipinski definition) is 2. The number of benzene rings is 2. The summed E-state index contributed by atoms with van der Waals surface area (Å²) in [7, 11) is 0. The second-order valence-electron chi connectivity index (χ2n) is 6.26.